The summed E-state index contributed by atoms with van der Waals surface area (Å²) in [6.45, 7) is 3.00. The van der Waals surface area contributed by atoms with Gasteiger partial charge >= 0.3 is 0 Å². The highest BCUT2D eigenvalue weighted by atomic mass is 32.1. The molecule has 0 saturated heterocycles. The lowest BCUT2D eigenvalue weighted by Crippen LogP contribution is -2.23. The number of thiazole rings is 1. The monoisotopic (exact) mass is 292 g/mol. The van der Waals surface area contributed by atoms with Crippen LogP contribution >= 0.6 is 11.3 Å². The number of hydrogen-bond donors (Lipinski definition) is 1. The van der Waals surface area contributed by atoms with Crippen molar-refractivity contribution in [3.05, 3.63) is 40.3 Å². The van der Waals surface area contributed by atoms with Crippen LogP contribution in [-0.4, -0.2) is 25.7 Å². The minimum Gasteiger partial charge on any atom is -0.493 e. The molecule has 1 N–H and O–H groups in total. The van der Waals surface area contributed by atoms with E-state index in [1.165, 1.54) is 4.88 Å². The van der Waals surface area contributed by atoms with Crippen molar-refractivity contribution in [1.82, 2.24) is 10.3 Å². The maximum Gasteiger partial charge on any atom is 0.165 e. The van der Waals surface area contributed by atoms with Gasteiger partial charge < -0.3 is 14.8 Å². The Bertz CT molecular complexity index is 529. The molecular weight excluding hydrogens is 272 g/mol. The first-order chi connectivity index (χ1) is 9.80. The molecule has 1 unspecified atom stereocenters. The summed E-state index contributed by atoms with van der Waals surface area (Å²) < 4.78 is 10.9. The minimum atomic E-state index is 0.186. The number of para-hydroxylation sites is 1. The molecule has 0 amide bonds. The van der Waals surface area contributed by atoms with E-state index in [-0.39, 0.29) is 6.04 Å². The third kappa shape index (κ3) is 3.29. The van der Waals surface area contributed by atoms with Gasteiger partial charge in [0.25, 0.3) is 0 Å². The Morgan fingerprint density at radius 3 is 2.75 bits per heavy atom. The van der Waals surface area contributed by atoms with E-state index in [1.807, 2.05) is 23.8 Å². The van der Waals surface area contributed by atoms with Crippen molar-refractivity contribution >= 4 is 11.3 Å². The Morgan fingerprint density at radius 1 is 1.30 bits per heavy atom. The van der Waals surface area contributed by atoms with Crippen LogP contribution in [0.15, 0.2) is 29.9 Å². The summed E-state index contributed by atoms with van der Waals surface area (Å²) in [4.78, 5) is 5.39. The Morgan fingerprint density at radius 2 is 2.15 bits per heavy atom. The molecule has 0 saturated carbocycles. The van der Waals surface area contributed by atoms with Gasteiger partial charge in [0.2, 0.25) is 0 Å². The molecule has 0 radical (unpaired) electrons. The van der Waals surface area contributed by atoms with Crippen molar-refractivity contribution in [3.8, 4) is 11.5 Å². The van der Waals surface area contributed by atoms with Crippen LogP contribution in [0.2, 0.25) is 0 Å². The standard InChI is InChI=1S/C15H20N2O2S/c1-4-17-13(8-11-9-16-10-20-11)12-6-5-7-14(18-2)15(12)19-3/h5-7,9-10,13,17H,4,8H2,1-3H3. The van der Waals surface area contributed by atoms with Gasteiger partial charge in [-0.05, 0) is 12.6 Å². The lowest BCUT2D eigenvalue weighted by Gasteiger charge is -2.21. The number of benzene rings is 1. The van der Waals surface area contributed by atoms with Crippen molar-refractivity contribution in [2.75, 3.05) is 20.8 Å². The summed E-state index contributed by atoms with van der Waals surface area (Å²) >= 11 is 1.67. The van der Waals surface area contributed by atoms with Crippen molar-refractivity contribution in [2.24, 2.45) is 0 Å². The molecule has 1 heterocycles. The number of aromatic nitrogens is 1. The van der Waals surface area contributed by atoms with E-state index in [1.54, 1.807) is 25.6 Å². The molecule has 2 aromatic rings. The second kappa shape index (κ2) is 7.26. The summed E-state index contributed by atoms with van der Waals surface area (Å²) in [6.07, 6.45) is 2.81. The molecule has 2 rings (SSSR count). The van der Waals surface area contributed by atoms with Crippen LogP contribution in [0.3, 0.4) is 0 Å². The van der Waals surface area contributed by atoms with E-state index in [4.69, 9.17) is 9.47 Å². The highest BCUT2D eigenvalue weighted by molar-refractivity contribution is 7.09. The third-order valence-corrected chi connectivity index (χ3v) is 3.95. The molecule has 0 aliphatic rings. The Hall–Kier alpha value is -1.59. The normalized spacial score (nSPS) is 12.2. The average molecular weight is 292 g/mol. The minimum absolute atomic E-state index is 0.186. The van der Waals surface area contributed by atoms with Gasteiger partial charge in [0, 0.05) is 29.1 Å². The number of rotatable bonds is 7. The molecule has 1 atom stereocenters. The molecule has 20 heavy (non-hydrogen) atoms. The van der Waals surface area contributed by atoms with Gasteiger partial charge in [-0.25, -0.2) is 0 Å². The Balaban J connectivity index is 2.33. The van der Waals surface area contributed by atoms with Crippen LogP contribution in [0.4, 0.5) is 0 Å². The van der Waals surface area contributed by atoms with Crippen LogP contribution in [0.25, 0.3) is 0 Å². The summed E-state index contributed by atoms with van der Waals surface area (Å²) in [5, 5.41) is 3.51. The quantitative estimate of drug-likeness (QED) is 0.852. The smallest absolute Gasteiger partial charge is 0.165 e. The molecule has 5 heteroatoms. The number of nitrogens with one attached hydrogen (secondary N) is 1. The summed E-state index contributed by atoms with van der Waals surface area (Å²) in [5.74, 6) is 1.56. The molecule has 0 spiro atoms. The molecule has 4 nitrogen and oxygen atoms in total. The number of nitrogens with zero attached hydrogens (tertiary/aromatic N) is 1. The summed E-state index contributed by atoms with van der Waals surface area (Å²) in [6, 6.07) is 6.17. The molecule has 0 aliphatic carbocycles. The van der Waals surface area contributed by atoms with Crippen molar-refractivity contribution in [3.63, 3.8) is 0 Å². The van der Waals surface area contributed by atoms with Gasteiger partial charge in [0.1, 0.15) is 0 Å². The molecule has 108 valence electrons. The van der Waals surface area contributed by atoms with Gasteiger partial charge in [-0.15, -0.1) is 11.3 Å². The molecule has 1 aromatic carbocycles. The fourth-order valence-electron chi connectivity index (χ4n) is 2.27. The summed E-state index contributed by atoms with van der Waals surface area (Å²) in [5.41, 5.74) is 2.98. The second-order valence-corrected chi connectivity index (χ2v) is 5.34. The highest BCUT2D eigenvalue weighted by Crippen LogP contribution is 2.36. The van der Waals surface area contributed by atoms with Gasteiger partial charge in [0.15, 0.2) is 11.5 Å². The highest BCUT2D eigenvalue weighted by Gasteiger charge is 2.19. The lowest BCUT2D eigenvalue weighted by atomic mass is 10.0. The fourth-order valence-corrected chi connectivity index (χ4v) is 2.91. The molecule has 0 aliphatic heterocycles. The second-order valence-electron chi connectivity index (χ2n) is 4.36. The van der Waals surface area contributed by atoms with Crippen molar-refractivity contribution in [2.45, 2.75) is 19.4 Å². The maximum atomic E-state index is 5.54. The van der Waals surface area contributed by atoms with Crippen LogP contribution in [-0.2, 0) is 6.42 Å². The van der Waals surface area contributed by atoms with Crippen LogP contribution < -0.4 is 14.8 Å². The number of methoxy groups -OCH3 is 2. The zero-order chi connectivity index (χ0) is 14.4. The predicted molar refractivity (Wildman–Crippen MR) is 81.8 cm³/mol. The van der Waals surface area contributed by atoms with E-state index >= 15 is 0 Å². The lowest BCUT2D eigenvalue weighted by molar-refractivity contribution is 0.346. The topological polar surface area (TPSA) is 43.4 Å². The van der Waals surface area contributed by atoms with Gasteiger partial charge in [-0.2, -0.15) is 0 Å². The molecule has 1 aromatic heterocycles. The summed E-state index contributed by atoms with van der Waals surface area (Å²) in [7, 11) is 3.34. The first kappa shape index (κ1) is 14.8. The Labute approximate surface area is 123 Å². The average Bonchev–Trinajstić information content (AvgIpc) is 2.98. The van der Waals surface area contributed by atoms with Crippen LogP contribution in [0.5, 0.6) is 11.5 Å². The van der Waals surface area contributed by atoms with E-state index < -0.39 is 0 Å². The predicted octanol–water partition coefficient (Wildman–Crippen LogP) is 3.05. The largest absolute Gasteiger partial charge is 0.493 e. The maximum absolute atomic E-state index is 5.54. The van der Waals surface area contributed by atoms with Gasteiger partial charge in [0.05, 0.1) is 19.7 Å². The van der Waals surface area contributed by atoms with Crippen LogP contribution in [0, 0.1) is 0 Å². The van der Waals surface area contributed by atoms with E-state index in [0.29, 0.717) is 0 Å². The van der Waals surface area contributed by atoms with E-state index in [2.05, 4.69) is 23.3 Å². The first-order valence-corrected chi connectivity index (χ1v) is 7.49. The number of likely N-dealkylation sites (N-methyl/N-ethyl adjacent to an activating group) is 1. The molecule has 0 bridgehead atoms. The Kier molecular flexibility index (Phi) is 5.38. The van der Waals surface area contributed by atoms with E-state index in [0.717, 1.165) is 30.0 Å². The van der Waals surface area contributed by atoms with Crippen molar-refractivity contribution < 1.29 is 9.47 Å². The van der Waals surface area contributed by atoms with Crippen LogP contribution in [0.1, 0.15) is 23.4 Å². The third-order valence-electron chi connectivity index (χ3n) is 3.15. The number of ether oxygens (including phenoxy) is 2. The van der Waals surface area contributed by atoms with Gasteiger partial charge in [-0.3, -0.25) is 4.98 Å². The zero-order valence-corrected chi connectivity index (χ0v) is 12.9. The van der Waals surface area contributed by atoms with Gasteiger partial charge in [-0.1, -0.05) is 19.1 Å². The number of hydrogen-bond acceptors (Lipinski definition) is 5. The van der Waals surface area contributed by atoms with E-state index in [9.17, 15) is 0 Å². The first-order valence-electron chi connectivity index (χ1n) is 6.61. The SMILES string of the molecule is CCNC(Cc1cncs1)c1cccc(OC)c1OC. The van der Waals surface area contributed by atoms with Crippen molar-refractivity contribution in [1.29, 1.82) is 0 Å². The molecule has 0 fully saturated rings. The molecular formula is C15H20N2O2S. The zero-order valence-electron chi connectivity index (χ0n) is 12.1. The fraction of sp³-hybridized carbons (Fsp3) is 0.400.